The maximum atomic E-state index is 13.5. The van der Waals surface area contributed by atoms with Crippen molar-refractivity contribution < 1.29 is 13.2 Å². The van der Waals surface area contributed by atoms with Crippen LogP contribution in [0, 0.1) is 0 Å². The largest absolute Gasteiger partial charge is 0.408 e. The van der Waals surface area contributed by atoms with E-state index in [0.717, 1.165) is 16.3 Å². The Hall–Kier alpha value is -1.77. The molecule has 0 aliphatic heterocycles. The van der Waals surface area contributed by atoms with Gasteiger partial charge in [-0.25, -0.2) is 14.3 Å². The van der Waals surface area contributed by atoms with Crippen LogP contribution >= 0.6 is 23.5 Å². The summed E-state index contributed by atoms with van der Waals surface area (Å²) in [4.78, 5) is 8.49. The molecule has 0 amide bonds. The molecule has 0 saturated heterocycles. The maximum absolute atomic E-state index is 13.5. The highest BCUT2D eigenvalue weighted by Crippen LogP contribution is 2.41. The van der Waals surface area contributed by atoms with Crippen LogP contribution in [-0.4, -0.2) is 27.5 Å². The summed E-state index contributed by atoms with van der Waals surface area (Å²) in [6.45, 7) is 0. The van der Waals surface area contributed by atoms with Gasteiger partial charge in [0, 0.05) is 17.4 Å². The molecule has 0 fully saturated rings. The quantitative estimate of drug-likeness (QED) is 0.791. The first kappa shape index (κ1) is 18.6. The normalized spacial score (nSPS) is 13.6. The number of hydrogen-bond donors (Lipinski definition) is 1. The second kappa shape index (κ2) is 7.87. The van der Waals surface area contributed by atoms with E-state index in [2.05, 4.69) is 9.97 Å². The van der Waals surface area contributed by atoms with Crippen LogP contribution in [0.4, 0.5) is 13.2 Å². The second-order valence-electron chi connectivity index (χ2n) is 4.77. The molecule has 2 N–H and O–H groups in total. The van der Waals surface area contributed by atoms with Gasteiger partial charge in [-0.3, -0.25) is 0 Å². The van der Waals surface area contributed by atoms with Crippen molar-refractivity contribution in [3.63, 3.8) is 0 Å². The van der Waals surface area contributed by atoms with E-state index in [0.29, 0.717) is 15.7 Å². The van der Waals surface area contributed by atoms with Gasteiger partial charge in [0.2, 0.25) is 0 Å². The summed E-state index contributed by atoms with van der Waals surface area (Å²) in [5, 5.41) is 0.381. The zero-order valence-electron chi connectivity index (χ0n) is 12.5. The van der Waals surface area contributed by atoms with Crippen LogP contribution in [0.5, 0.6) is 0 Å². The molecule has 0 aliphatic carbocycles. The lowest BCUT2D eigenvalue weighted by Gasteiger charge is -2.29. The SMILES string of the molecule is CN(Sc1cnc(/C=C\N)nc1)[C@H](c1ccc(Cl)cc1)C(F)(F)F. The Balaban J connectivity index is 2.21. The molecular formula is C15H14ClF3N4S. The summed E-state index contributed by atoms with van der Waals surface area (Å²) in [6, 6.07) is 3.81. The number of hydrogen-bond acceptors (Lipinski definition) is 5. The van der Waals surface area contributed by atoms with Gasteiger partial charge >= 0.3 is 6.18 Å². The van der Waals surface area contributed by atoms with Gasteiger partial charge in [-0.15, -0.1) is 0 Å². The van der Waals surface area contributed by atoms with Crippen LogP contribution in [-0.2, 0) is 0 Å². The lowest BCUT2D eigenvalue weighted by molar-refractivity contribution is -0.169. The third-order valence-corrected chi connectivity index (χ3v) is 4.17. The molecule has 0 bridgehead atoms. The Labute approximate surface area is 146 Å². The minimum Gasteiger partial charge on any atom is -0.404 e. The van der Waals surface area contributed by atoms with Crippen LogP contribution in [0.15, 0.2) is 47.8 Å². The first-order valence-electron chi connectivity index (χ1n) is 6.74. The van der Waals surface area contributed by atoms with Crippen molar-refractivity contribution in [3.05, 3.63) is 59.3 Å². The molecule has 1 atom stereocenters. The number of nitrogens with two attached hydrogens (primary N) is 1. The van der Waals surface area contributed by atoms with E-state index in [1.165, 1.54) is 56.0 Å². The fourth-order valence-electron chi connectivity index (χ4n) is 2.01. The predicted molar refractivity (Wildman–Crippen MR) is 89.1 cm³/mol. The molecule has 0 aliphatic rings. The monoisotopic (exact) mass is 374 g/mol. The molecule has 1 heterocycles. The van der Waals surface area contributed by atoms with Gasteiger partial charge < -0.3 is 5.73 Å². The third kappa shape index (κ3) is 4.86. The van der Waals surface area contributed by atoms with Crippen molar-refractivity contribution in [2.24, 2.45) is 5.73 Å². The molecule has 1 aromatic carbocycles. The van der Waals surface area contributed by atoms with Gasteiger partial charge in [0.15, 0.2) is 5.82 Å². The minimum atomic E-state index is -4.45. The summed E-state index contributed by atoms with van der Waals surface area (Å²) < 4.78 is 41.6. The number of nitrogens with zero attached hydrogens (tertiary/aromatic N) is 3. The molecule has 1 aromatic heterocycles. The van der Waals surface area contributed by atoms with Crippen molar-refractivity contribution >= 4 is 29.6 Å². The van der Waals surface area contributed by atoms with Gasteiger partial charge in [0.25, 0.3) is 0 Å². The fraction of sp³-hybridized carbons (Fsp3) is 0.200. The molecule has 0 spiro atoms. The Bertz CT molecular complexity index is 689. The van der Waals surface area contributed by atoms with Crippen molar-refractivity contribution in [2.75, 3.05) is 7.05 Å². The lowest BCUT2D eigenvalue weighted by Crippen LogP contribution is -2.31. The van der Waals surface area contributed by atoms with Crippen LogP contribution in [0.1, 0.15) is 17.4 Å². The standard InChI is InChI=1S/C15H14ClF3N4S/c1-23(24-12-8-21-13(6-7-20)22-9-12)14(15(17,18)19)10-2-4-11(16)5-3-10/h2-9,14H,20H2,1H3/b7-6-/t14-/m1/s1. The van der Waals surface area contributed by atoms with E-state index >= 15 is 0 Å². The Kier molecular flexibility index (Phi) is 6.09. The van der Waals surface area contributed by atoms with E-state index in [-0.39, 0.29) is 5.56 Å². The Morgan fingerprint density at radius 1 is 1.21 bits per heavy atom. The molecule has 24 heavy (non-hydrogen) atoms. The van der Waals surface area contributed by atoms with E-state index in [1.54, 1.807) is 0 Å². The average molecular weight is 375 g/mol. The number of rotatable bonds is 5. The van der Waals surface area contributed by atoms with Crippen molar-refractivity contribution in [1.82, 2.24) is 14.3 Å². The van der Waals surface area contributed by atoms with Gasteiger partial charge in [0.05, 0.1) is 4.90 Å². The van der Waals surface area contributed by atoms with Crippen LogP contribution in [0.3, 0.4) is 0 Å². The Morgan fingerprint density at radius 3 is 2.29 bits per heavy atom. The van der Waals surface area contributed by atoms with Crippen LogP contribution in [0.2, 0.25) is 5.02 Å². The molecule has 0 radical (unpaired) electrons. The first-order chi connectivity index (χ1) is 11.3. The maximum Gasteiger partial charge on any atom is 0.408 e. The zero-order valence-corrected chi connectivity index (χ0v) is 14.1. The van der Waals surface area contributed by atoms with Gasteiger partial charge in [-0.05, 0) is 49.0 Å². The number of halogens is 4. The van der Waals surface area contributed by atoms with Gasteiger partial charge in [-0.1, -0.05) is 23.7 Å². The minimum absolute atomic E-state index is 0.102. The predicted octanol–water partition coefficient (Wildman–Crippen LogP) is 4.30. The van der Waals surface area contributed by atoms with Crippen molar-refractivity contribution in [1.29, 1.82) is 0 Å². The molecule has 9 heteroatoms. The molecule has 2 rings (SSSR count). The van der Waals surface area contributed by atoms with E-state index in [4.69, 9.17) is 17.3 Å². The molecule has 0 unspecified atom stereocenters. The summed E-state index contributed by atoms with van der Waals surface area (Å²) in [7, 11) is 1.37. The smallest absolute Gasteiger partial charge is 0.404 e. The zero-order chi connectivity index (χ0) is 17.7. The summed E-state index contributed by atoms with van der Waals surface area (Å²) >= 11 is 6.65. The first-order valence-corrected chi connectivity index (χ1v) is 7.89. The molecular weight excluding hydrogens is 361 g/mol. The van der Waals surface area contributed by atoms with E-state index < -0.39 is 12.2 Å². The summed E-state index contributed by atoms with van der Waals surface area (Å²) in [6.07, 6.45) is 1.22. The Morgan fingerprint density at radius 2 is 1.79 bits per heavy atom. The van der Waals surface area contributed by atoms with Crippen LogP contribution < -0.4 is 5.73 Å². The van der Waals surface area contributed by atoms with Gasteiger partial charge in [-0.2, -0.15) is 13.2 Å². The average Bonchev–Trinajstić information content (AvgIpc) is 2.50. The highest BCUT2D eigenvalue weighted by Gasteiger charge is 2.44. The lowest BCUT2D eigenvalue weighted by atomic mass is 10.1. The number of aromatic nitrogens is 2. The third-order valence-electron chi connectivity index (χ3n) is 3.00. The molecule has 128 valence electrons. The van der Waals surface area contributed by atoms with Crippen molar-refractivity contribution in [2.45, 2.75) is 17.1 Å². The fourth-order valence-corrected chi connectivity index (χ4v) is 3.02. The molecule has 4 nitrogen and oxygen atoms in total. The highest BCUT2D eigenvalue weighted by atomic mass is 35.5. The van der Waals surface area contributed by atoms with Crippen molar-refractivity contribution in [3.8, 4) is 0 Å². The summed E-state index contributed by atoms with van der Waals surface area (Å²) in [5.41, 5.74) is 5.34. The highest BCUT2D eigenvalue weighted by molar-refractivity contribution is 7.97. The molecule has 0 saturated carbocycles. The topological polar surface area (TPSA) is 55.0 Å². The second-order valence-corrected chi connectivity index (χ2v) is 6.44. The number of benzene rings is 1. The van der Waals surface area contributed by atoms with E-state index in [9.17, 15) is 13.2 Å². The van der Waals surface area contributed by atoms with Crippen LogP contribution in [0.25, 0.3) is 6.08 Å². The molecule has 2 aromatic rings. The summed E-state index contributed by atoms with van der Waals surface area (Å²) in [5.74, 6) is 0.384. The van der Waals surface area contributed by atoms with E-state index in [1.807, 2.05) is 0 Å². The van der Waals surface area contributed by atoms with Gasteiger partial charge in [0.1, 0.15) is 6.04 Å². The number of alkyl halides is 3.